The summed E-state index contributed by atoms with van der Waals surface area (Å²) < 4.78 is 5.11. The standard InChI is InChI=1S/C13H15ClN4O2/c1-8-12(20-3)11(19)9(4-15-8)7-18(2)13-16-5-10(14)6-17-13/h4-6H,7H2,1-3H3,(H,15,19). The number of halogens is 1. The van der Waals surface area contributed by atoms with Gasteiger partial charge in [-0.1, -0.05) is 11.6 Å². The van der Waals surface area contributed by atoms with Crippen molar-refractivity contribution in [2.75, 3.05) is 19.1 Å². The monoisotopic (exact) mass is 294 g/mol. The molecule has 20 heavy (non-hydrogen) atoms. The highest BCUT2D eigenvalue weighted by atomic mass is 35.5. The second-order valence-corrected chi connectivity index (χ2v) is 4.80. The Kier molecular flexibility index (Phi) is 4.24. The molecule has 0 radical (unpaired) electrons. The summed E-state index contributed by atoms with van der Waals surface area (Å²) in [5.74, 6) is 0.821. The fourth-order valence-electron chi connectivity index (χ4n) is 1.83. The molecule has 0 atom stereocenters. The molecule has 2 aromatic rings. The number of anilines is 1. The van der Waals surface area contributed by atoms with Gasteiger partial charge in [0, 0.05) is 18.8 Å². The Morgan fingerprint density at radius 2 is 2.05 bits per heavy atom. The summed E-state index contributed by atoms with van der Waals surface area (Å²) in [6.07, 6.45) is 4.70. The molecule has 0 aliphatic rings. The molecule has 2 aromatic heterocycles. The van der Waals surface area contributed by atoms with E-state index in [4.69, 9.17) is 16.3 Å². The zero-order chi connectivity index (χ0) is 14.7. The van der Waals surface area contributed by atoms with Gasteiger partial charge >= 0.3 is 0 Å². The summed E-state index contributed by atoms with van der Waals surface area (Å²) in [5.41, 5.74) is 1.14. The van der Waals surface area contributed by atoms with Crippen LogP contribution in [0.15, 0.2) is 23.4 Å². The first-order valence-corrected chi connectivity index (χ1v) is 6.34. The minimum Gasteiger partial charge on any atom is -0.491 e. The van der Waals surface area contributed by atoms with Gasteiger partial charge in [0.05, 0.1) is 36.8 Å². The van der Waals surface area contributed by atoms with Gasteiger partial charge in [-0.3, -0.25) is 4.79 Å². The van der Waals surface area contributed by atoms with Crippen LogP contribution in [0.4, 0.5) is 5.95 Å². The van der Waals surface area contributed by atoms with Crippen molar-refractivity contribution in [3.63, 3.8) is 0 Å². The van der Waals surface area contributed by atoms with E-state index in [2.05, 4.69) is 15.0 Å². The minimum atomic E-state index is -0.135. The van der Waals surface area contributed by atoms with Gasteiger partial charge in [0.15, 0.2) is 5.75 Å². The molecule has 0 aliphatic carbocycles. The summed E-state index contributed by atoms with van der Waals surface area (Å²) in [7, 11) is 3.28. The number of rotatable bonds is 4. The zero-order valence-corrected chi connectivity index (χ0v) is 12.2. The Morgan fingerprint density at radius 3 is 2.65 bits per heavy atom. The Morgan fingerprint density at radius 1 is 1.40 bits per heavy atom. The van der Waals surface area contributed by atoms with Gasteiger partial charge in [0.2, 0.25) is 11.4 Å². The Bertz CT molecular complexity index is 654. The van der Waals surface area contributed by atoms with Crippen LogP contribution in [0.1, 0.15) is 11.3 Å². The smallest absolute Gasteiger partial charge is 0.228 e. The Balaban J connectivity index is 2.26. The summed E-state index contributed by atoms with van der Waals surface area (Å²) in [6, 6.07) is 0. The predicted molar refractivity (Wildman–Crippen MR) is 77.5 cm³/mol. The average Bonchev–Trinajstić information content (AvgIpc) is 2.43. The molecule has 0 amide bonds. The number of methoxy groups -OCH3 is 1. The highest BCUT2D eigenvalue weighted by Gasteiger charge is 2.12. The van der Waals surface area contributed by atoms with Gasteiger partial charge < -0.3 is 14.6 Å². The molecule has 6 nitrogen and oxygen atoms in total. The lowest BCUT2D eigenvalue weighted by Crippen LogP contribution is -2.24. The molecule has 0 spiro atoms. The van der Waals surface area contributed by atoms with E-state index in [1.54, 1.807) is 25.1 Å². The highest BCUT2D eigenvalue weighted by molar-refractivity contribution is 6.30. The molecule has 0 fully saturated rings. The first-order chi connectivity index (χ1) is 9.52. The second-order valence-electron chi connectivity index (χ2n) is 4.36. The second kappa shape index (κ2) is 5.92. The maximum atomic E-state index is 12.2. The van der Waals surface area contributed by atoms with E-state index < -0.39 is 0 Å². The van der Waals surface area contributed by atoms with Crippen molar-refractivity contribution in [2.24, 2.45) is 0 Å². The number of aromatic amines is 1. The summed E-state index contributed by atoms with van der Waals surface area (Å²) >= 11 is 5.74. The molecule has 106 valence electrons. The number of pyridine rings is 1. The van der Waals surface area contributed by atoms with Gasteiger partial charge in [0.1, 0.15) is 0 Å². The normalized spacial score (nSPS) is 10.4. The van der Waals surface area contributed by atoms with Gasteiger partial charge in [-0.05, 0) is 6.92 Å². The number of aromatic nitrogens is 3. The van der Waals surface area contributed by atoms with E-state index in [-0.39, 0.29) is 5.43 Å². The molecule has 7 heteroatoms. The maximum Gasteiger partial charge on any atom is 0.228 e. The van der Waals surface area contributed by atoms with Crippen LogP contribution in [0, 0.1) is 6.92 Å². The van der Waals surface area contributed by atoms with E-state index in [1.807, 2.05) is 0 Å². The van der Waals surface area contributed by atoms with Gasteiger partial charge in [-0.15, -0.1) is 0 Å². The van der Waals surface area contributed by atoms with Gasteiger partial charge in [0.25, 0.3) is 0 Å². The van der Waals surface area contributed by atoms with Crippen molar-refractivity contribution < 1.29 is 4.74 Å². The van der Waals surface area contributed by atoms with Crippen LogP contribution >= 0.6 is 11.6 Å². The highest BCUT2D eigenvalue weighted by Crippen LogP contribution is 2.13. The third kappa shape index (κ3) is 2.91. The fourth-order valence-corrected chi connectivity index (χ4v) is 1.93. The average molecular weight is 295 g/mol. The molecule has 0 aromatic carbocycles. The topological polar surface area (TPSA) is 71.1 Å². The Hall–Kier alpha value is -2.08. The van der Waals surface area contributed by atoms with Crippen LogP contribution < -0.4 is 15.1 Å². The van der Waals surface area contributed by atoms with Crippen molar-refractivity contribution in [3.05, 3.63) is 45.1 Å². The van der Waals surface area contributed by atoms with E-state index in [9.17, 15) is 4.79 Å². The zero-order valence-electron chi connectivity index (χ0n) is 11.5. The first kappa shape index (κ1) is 14.3. The molecule has 2 heterocycles. The molecule has 2 rings (SSSR count). The molecular formula is C13H15ClN4O2. The van der Waals surface area contributed by atoms with Crippen LogP contribution in [0.25, 0.3) is 0 Å². The number of nitrogens with zero attached hydrogens (tertiary/aromatic N) is 3. The van der Waals surface area contributed by atoms with Crippen molar-refractivity contribution >= 4 is 17.5 Å². The van der Waals surface area contributed by atoms with Crippen LogP contribution in [-0.4, -0.2) is 29.1 Å². The molecule has 0 unspecified atom stereocenters. The van der Waals surface area contributed by atoms with E-state index in [0.717, 1.165) is 0 Å². The van der Waals surface area contributed by atoms with Gasteiger partial charge in [-0.2, -0.15) is 0 Å². The van der Waals surface area contributed by atoms with Crippen LogP contribution in [0.5, 0.6) is 5.75 Å². The van der Waals surface area contributed by atoms with Crippen molar-refractivity contribution in [3.8, 4) is 5.75 Å². The molecule has 1 N–H and O–H groups in total. The lowest BCUT2D eigenvalue weighted by molar-refractivity contribution is 0.404. The van der Waals surface area contributed by atoms with Crippen molar-refractivity contribution in [2.45, 2.75) is 13.5 Å². The number of aryl methyl sites for hydroxylation is 1. The lowest BCUT2D eigenvalue weighted by Gasteiger charge is -2.17. The summed E-state index contributed by atoms with van der Waals surface area (Å²) in [6.45, 7) is 2.16. The Labute approximate surface area is 121 Å². The van der Waals surface area contributed by atoms with Crippen molar-refractivity contribution in [1.82, 2.24) is 15.0 Å². The SMILES string of the molecule is COc1c(C)[nH]cc(CN(C)c2ncc(Cl)cn2)c1=O. The number of hydrogen-bond acceptors (Lipinski definition) is 5. The molecule has 0 saturated heterocycles. The van der Waals surface area contributed by atoms with Crippen molar-refractivity contribution in [1.29, 1.82) is 0 Å². The number of nitrogens with one attached hydrogen (secondary N) is 1. The fraction of sp³-hybridized carbons (Fsp3) is 0.308. The first-order valence-electron chi connectivity index (χ1n) is 5.96. The van der Waals surface area contributed by atoms with Gasteiger partial charge in [-0.25, -0.2) is 9.97 Å². The minimum absolute atomic E-state index is 0.135. The molecular weight excluding hydrogens is 280 g/mol. The lowest BCUT2D eigenvalue weighted by atomic mass is 10.2. The summed E-state index contributed by atoms with van der Waals surface area (Å²) in [4.78, 5) is 25.2. The largest absolute Gasteiger partial charge is 0.491 e. The number of H-pyrrole nitrogens is 1. The third-order valence-electron chi connectivity index (χ3n) is 2.86. The third-order valence-corrected chi connectivity index (χ3v) is 3.06. The van der Waals surface area contributed by atoms with Crippen LogP contribution in [0.2, 0.25) is 5.02 Å². The van der Waals surface area contributed by atoms with Crippen LogP contribution in [-0.2, 0) is 6.54 Å². The summed E-state index contributed by atoms with van der Waals surface area (Å²) in [5, 5.41) is 0.469. The van der Waals surface area contributed by atoms with E-state index in [1.165, 1.54) is 19.5 Å². The number of hydrogen-bond donors (Lipinski definition) is 1. The van der Waals surface area contributed by atoms with E-state index >= 15 is 0 Å². The van der Waals surface area contributed by atoms with Crippen LogP contribution in [0.3, 0.4) is 0 Å². The quantitative estimate of drug-likeness (QED) is 0.930. The number of ether oxygens (including phenoxy) is 1. The van der Waals surface area contributed by atoms with E-state index in [0.29, 0.717) is 34.5 Å². The predicted octanol–water partition coefficient (Wildman–Crippen LogP) is 1.77. The molecule has 0 saturated carbocycles. The maximum absolute atomic E-state index is 12.2. The molecule has 0 bridgehead atoms. The molecule has 0 aliphatic heterocycles.